The van der Waals surface area contributed by atoms with E-state index < -0.39 is 0 Å². The van der Waals surface area contributed by atoms with Crippen molar-refractivity contribution in [1.82, 2.24) is 9.97 Å². The van der Waals surface area contributed by atoms with E-state index >= 15 is 0 Å². The number of nitrogens with one attached hydrogen (secondary N) is 1. The van der Waals surface area contributed by atoms with Crippen LogP contribution in [0.1, 0.15) is 50.3 Å². The fourth-order valence-electron chi connectivity index (χ4n) is 6.15. The summed E-state index contributed by atoms with van der Waals surface area (Å²) in [7, 11) is 0. The number of nitrogens with zero attached hydrogens (tertiary/aromatic N) is 3. The fraction of sp³-hybridized carbons (Fsp3) is 0.273. The molecule has 2 heterocycles. The molecule has 4 nitrogen and oxygen atoms in total. The third kappa shape index (κ3) is 4.01. The third-order valence-electron chi connectivity index (χ3n) is 8.22. The molecule has 1 aliphatic heterocycles. The summed E-state index contributed by atoms with van der Waals surface area (Å²) in [5, 5.41) is 3.76. The number of aromatic nitrogens is 2. The van der Waals surface area contributed by atoms with E-state index in [2.05, 4.69) is 118 Å². The predicted octanol–water partition coefficient (Wildman–Crippen LogP) is 8.66. The molecule has 0 aliphatic carbocycles. The summed E-state index contributed by atoms with van der Waals surface area (Å²) in [6.45, 7) is 15.9. The first-order valence-electron chi connectivity index (χ1n) is 13.2. The van der Waals surface area contributed by atoms with Crippen molar-refractivity contribution in [2.75, 3.05) is 10.2 Å². The lowest BCUT2D eigenvalue weighted by molar-refractivity contribution is 0.444. The Kier molecular flexibility index (Phi) is 6.59. The van der Waals surface area contributed by atoms with Crippen molar-refractivity contribution in [3.63, 3.8) is 0 Å². The van der Waals surface area contributed by atoms with Crippen molar-refractivity contribution < 1.29 is 0 Å². The van der Waals surface area contributed by atoms with E-state index in [1.807, 2.05) is 0 Å². The zero-order valence-corrected chi connectivity index (χ0v) is 22.5. The van der Waals surface area contributed by atoms with Crippen LogP contribution in [-0.2, 0) is 5.41 Å². The van der Waals surface area contributed by atoms with Gasteiger partial charge in [-0.15, -0.1) is 0 Å². The summed E-state index contributed by atoms with van der Waals surface area (Å²) in [5.74, 6) is 0.798. The number of para-hydroxylation sites is 2. The van der Waals surface area contributed by atoms with Gasteiger partial charge in [-0.05, 0) is 74.1 Å². The Balaban J connectivity index is 1.90. The van der Waals surface area contributed by atoms with Crippen LogP contribution in [0.15, 0.2) is 91.3 Å². The molecule has 0 fully saturated rings. The van der Waals surface area contributed by atoms with Gasteiger partial charge >= 0.3 is 0 Å². The molecule has 5 rings (SSSR count). The highest BCUT2D eigenvalue weighted by Crippen LogP contribution is 2.50. The van der Waals surface area contributed by atoms with Crippen LogP contribution < -0.4 is 10.2 Å². The molecule has 0 saturated heterocycles. The second-order valence-electron chi connectivity index (χ2n) is 10.1. The summed E-state index contributed by atoms with van der Waals surface area (Å²) in [4.78, 5) is 12.2. The summed E-state index contributed by atoms with van der Waals surface area (Å²) >= 11 is 0. The molecular formula is C33H36N4. The molecule has 4 aromatic rings. The largest absolute Gasteiger partial charge is 0.338 e. The predicted molar refractivity (Wildman–Crippen MR) is 156 cm³/mol. The Bertz CT molecular complexity index is 1420. The van der Waals surface area contributed by atoms with Gasteiger partial charge in [0.1, 0.15) is 17.7 Å². The lowest BCUT2D eigenvalue weighted by Crippen LogP contribution is -2.39. The highest BCUT2D eigenvalue weighted by atomic mass is 15.2. The Labute approximate surface area is 221 Å². The summed E-state index contributed by atoms with van der Waals surface area (Å²) < 4.78 is 0. The van der Waals surface area contributed by atoms with E-state index in [0.717, 1.165) is 47.0 Å². The fourth-order valence-corrected chi connectivity index (χ4v) is 6.15. The van der Waals surface area contributed by atoms with Crippen molar-refractivity contribution >= 4 is 22.9 Å². The normalized spacial score (nSPS) is 16.6. The Morgan fingerprint density at radius 2 is 1.51 bits per heavy atom. The highest BCUT2D eigenvalue weighted by molar-refractivity contribution is 5.92. The molecule has 3 aromatic carbocycles. The molecule has 0 radical (unpaired) electrons. The summed E-state index contributed by atoms with van der Waals surface area (Å²) in [5.41, 5.74) is 9.86. The van der Waals surface area contributed by atoms with Crippen LogP contribution in [-0.4, -0.2) is 16.0 Å². The average Bonchev–Trinajstić information content (AvgIpc) is 2.95. The first-order valence-corrected chi connectivity index (χ1v) is 13.2. The molecule has 1 aromatic heterocycles. The van der Waals surface area contributed by atoms with Crippen LogP contribution in [0.3, 0.4) is 0 Å². The van der Waals surface area contributed by atoms with Gasteiger partial charge in [-0.1, -0.05) is 75.0 Å². The molecule has 0 spiro atoms. The first-order chi connectivity index (χ1) is 17.9. The minimum absolute atomic E-state index is 0.0110. The maximum absolute atomic E-state index is 4.93. The zero-order chi connectivity index (χ0) is 26.2. The second-order valence-corrected chi connectivity index (χ2v) is 10.1. The minimum Gasteiger partial charge on any atom is -0.338 e. The monoisotopic (exact) mass is 488 g/mol. The summed E-state index contributed by atoms with van der Waals surface area (Å²) in [6.07, 6.45) is 3.60. The van der Waals surface area contributed by atoms with Crippen molar-refractivity contribution in [3.05, 3.63) is 108 Å². The number of hydrogen-bond donors (Lipinski definition) is 1. The van der Waals surface area contributed by atoms with Crippen molar-refractivity contribution in [3.8, 4) is 11.3 Å². The quantitative estimate of drug-likeness (QED) is 0.292. The number of anilines is 4. The molecular weight excluding hydrogens is 452 g/mol. The van der Waals surface area contributed by atoms with Crippen molar-refractivity contribution in [2.45, 2.75) is 58.9 Å². The zero-order valence-electron chi connectivity index (χ0n) is 22.5. The Morgan fingerprint density at radius 3 is 2.19 bits per heavy atom. The van der Waals surface area contributed by atoms with Crippen LogP contribution in [0.4, 0.5) is 22.9 Å². The standard InChI is InChI=1S/C33H36N4/c1-7-33(8-2)24(5)25(6)37(26-17-10-9-11-18-26)31-30(29-22(3)15-14-16-23(29)4)34-21-35-32(31)36-28-20-13-12-19-27(28)33/h9-21,25H,5,7-8H2,1-4,6H3,(H,34,35,36). The van der Waals surface area contributed by atoms with Gasteiger partial charge in [0.25, 0.3) is 0 Å². The lowest BCUT2D eigenvalue weighted by Gasteiger charge is -2.42. The first kappa shape index (κ1) is 24.8. The Hall–Kier alpha value is -3.92. The topological polar surface area (TPSA) is 41.1 Å². The SMILES string of the molecule is C=C1C(C)N(c2ccccc2)c2c(ncnc2-c2c(C)cccc2C)Nc2ccccc2C1(CC)CC. The molecule has 0 amide bonds. The van der Waals surface area contributed by atoms with E-state index in [1.54, 1.807) is 6.33 Å². The molecule has 4 heteroatoms. The molecule has 0 bridgehead atoms. The van der Waals surface area contributed by atoms with Gasteiger partial charge in [0.15, 0.2) is 5.82 Å². The van der Waals surface area contributed by atoms with Gasteiger partial charge in [-0.25, -0.2) is 9.97 Å². The van der Waals surface area contributed by atoms with E-state index in [0.29, 0.717) is 0 Å². The van der Waals surface area contributed by atoms with E-state index in [4.69, 9.17) is 16.5 Å². The molecule has 1 aliphatic rings. The number of benzene rings is 3. The number of aryl methyl sites for hydroxylation is 2. The second kappa shape index (κ2) is 9.85. The third-order valence-corrected chi connectivity index (χ3v) is 8.22. The van der Waals surface area contributed by atoms with E-state index in [9.17, 15) is 0 Å². The molecule has 1 N–H and O–H groups in total. The van der Waals surface area contributed by atoms with Crippen LogP contribution in [0.5, 0.6) is 0 Å². The molecule has 1 atom stereocenters. The van der Waals surface area contributed by atoms with Crippen LogP contribution in [0.25, 0.3) is 11.3 Å². The number of rotatable bonds is 4. The molecule has 37 heavy (non-hydrogen) atoms. The summed E-state index contributed by atoms with van der Waals surface area (Å²) in [6, 6.07) is 25.6. The molecule has 188 valence electrons. The number of hydrogen-bond acceptors (Lipinski definition) is 4. The maximum atomic E-state index is 4.93. The van der Waals surface area contributed by atoms with Crippen LogP contribution >= 0.6 is 0 Å². The van der Waals surface area contributed by atoms with E-state index in [-0.39, 0.29) is 11.5 Å². The Morgan fingerprint density at radius 1 is 0.865 bits per heavy atom. The highest BCUT2D eigenvalue weighted by Gasteiger charge is 2.40. The van der Waals surface area contributed by atoms with Gasteiger partial charge in [0.2, 0.25) is 0 Å². The average molecular weight is 489 g/mol. The van der Waals surface area contributed by atoms with Crippen molar-refractivity contribution in [1.29, 1.82) is 0 Å². The van der Waals surface area contributed by atoms with Crippen LogP contribution in [0.2, 0.25) is 0 Å². The van der Waals surface area contributed by atoms with E-state index in [1.165, 1.54) is 22.3 Å². The maximum Gasteiger partial charge on any atom is 0.158 e. The minimum atomic E-state index is -0.190. The molecule has 1 unspecified atom stereocenters. The molecule has 0 saturated carbocycles. The smallest absolute Gasteiger partial charge is 0.158 e. The lowest BCUT2D eigenvalue weighted by atomic mass is 9.68. The van der Waals surface area contributed by atoms with Gasteiger partial charge in [-0.3, -0.25) is 0 Å². The van der Waals surface area contributed by atoms with Gasteiger partial charge in [0.05, 0.1) is 6.04 Å². The number of fused-ring (bicyclic) bond motifs is 2. The van der Waals surface area contributed by atoms with Gasteiger partial charge in [-0.2, -0.15) is 0 Å². The van der Waals surface area contributed by atoms with Crippen LogP contribution in [0, 0.1) is 13.8 Å². The van der Waals surface area contributed by atoms with Gasteiger partial charge < -0.3 is 10.2 Å². The van der Waals surface area contributed by atoms with Gasteiger partial charge in [0, 0.05) is 22.4 Å². The van der Waals surface area contributed by atoms with Crippen molar-refractivity contribution in [2.24, 2.45) is 0 Å².